The Balaban J connectivity index is 2.00. The lowest BCUT2D eigenvalue weighted by atomic mass is 10.1. The largest absolute Gasteiger partial charge is 0.495 e. The van der Waals surface area contributed by atoms with Crippen molar-refractivity contribution in [1.29, 1.82) is 0 Å². The maximum atomic E-state index is 12.6. The van der Waals surface area contributed by atoms with Crippen molar-refractivity contribution in [3.8, 4) is 17.6 Å². The number of halogens is 3. The van der Waals surface area contributed by atoms with E-state index >= 15 is 0 Å². The number of para-hydroxylation sites is 2. The van der Waals surface area contributed by atoms with Crippen LogP contribution in [0.1, 0.15) is 11.1 Å². The topological polar surface area (TPSA) is 59.6 Å². The molecule has 0 spiro atoms. The second-order valence-corrected chi connectivity index (χ2v) is 4.91. The van der Waals surface area contributed by atoms with E-state index in [4.69, 9.17) is 10.5 Å². The predicted octanol–water partition coefficient (Wildman–Crippen LogP) is 3.49. The van der Waals surface area contributed by atoms with Crippen LogP contribution < -0.4 is 15.8 Å². The van der Waals surface area contributed by atoms with Gasteiger partial charge in [-0.05, 0) is 30.3 Å². The molecule has 2 aromatic rings. The molecule has 0 atom stereocenters. The molecule has 25 heavy (non-hydrogen) atoms. The van der Waals surface area contributed by atoms with Gasteiger partial charge in [0.05, 0.1) is 18.4 Å². The number of aliphatic imine (C=N–C) groups is 1. The van der Waals surface area contributed by atoms with Gasteiger partial charge in [0.15, 0.2) is 5.96 Å². The quantitative estimate of drug-likeness (QED) is 0.508. The number of rotatable bonds is 3. The van der Waals surface area contributed by atoms with Crippen LogP contribution in [0.4, 0.5) is 18.9 Å². The van der Waals surface area contributed by atoms with Crippen molar-refractivity contribution >= 4 is 11.6 Å². The Morgan fingerprint density at radius 1 is 1.20 bits per heavy atom. The zero-order valence-corrected chi connectivity index (χ0v) is 13.4. The van der Waals surface area contributed by atoms with Crippen LogP contribution in [0.3, 0.4) is 0 Å². The van der Waals surface area contributed by atoms with Gasteiger partial charge in [0.1, 0.15) is 12.3 Å². The number of anilines is 1. The normalized spacial score (nSPS) is 11.4. The summed E-state index contributed by atoms with van der Waals surface area (Å²) in [6.45, 7) is 0.0459. The van der Waals surface area contributed by atoms with Gasteiger partial charge in [0.2, 0.25) is 0 Å². The molecule has 0 aromatic heterocycles. The fourth-order valence-electron chi connectivity index (χ4n) is 1.96. The first-order valence-corrected chi connectivity index (χ1v) is 7.26. The lowest BCUT2D eigenvalue weighted by Crippen LogP contribution is -2.23. The number of benzene rings is 2. The lowest BCUT2D eigenvalue weighted by molar-refractivity contribution is -0.137. The van der Waals surface area contributed by atoms with Crippen LogP contribution >= 0.6 is 0 Å². The molecule has 0 aliphatic carbocycles. The van der Waals surface area contributed by atoms with Gasteiger partial charge in [-0.2, -0.15) is 13.2 Å². The fraction of sp³-hybridized carbons (Fsp3) is 0.167. The monoisotopic (exact) mass is 347 g/mol. The van der Waals surface area contributed by atoms with E-state index in [0.717, 1.165) is 12.1 Å². The Kier molecular flexibility index (Phi) is 5.90. The molecule has 0 bridgehead atoms. The molecule has 7 heteroatoms. The maximum Gasteiger partial charge on any atom is 0.416 e. The molecule has 130 valence electrons. The number of alkyl halides is 3. The van der Waals surface area contributed by atoms with Gasteiger partial charge in [-0.3, -0.25) is 0 Å². The Morgan fingerprint density at radius 2 is 1.96 bits per heavy atom. The first-order valence-electron chi connectivity index (χ1n) is 7.26. The summed E-state index contributed by atoms with van der Waals surface area (Å²) in [5, 5.41) is 2.88. The fourth-order valence-corrected chi connectivity index (χ4v) is 1.96. The Labute approximate surface area is 143 Å². The van der Waals surface area contributed by atoms with E-state index in [1.54, 1.807) is 12.1 Å². The van der Waals surface area contributed by atoms with Gasteiger partial charge in [0.25, 0.3) is 0 Å². The molecule has 4 nitrogen and oxygen atoms in total. The predicted molar refractivity (Wildman–Crippen MR) is 91.4 cm³/mol. The molecule has 2 rings (SSSR count). The molecule has 0 saturated carbocycles. The molecule has 0 radical (unpaired) electrons. The summed E-state index contributed by atoms with van der Waals surface area (Å²) in [6.07, 6.45) is -4.39. The molecule has 3 N–H and O–H groups in total. The average molecular weight is 347 g/mol. The highest BCUT2D eigenvalue weighted by molar-refractivity contribution is 5.93. The highest BCUT2D eigenvalue weighted by Crippen LogP contribution is 2.29. The Morgan fingerprint density at radius 3 is 2.68 bits per heavy atom. The van der Waals surface area contributed by atoms with E-state index in [1.807, 2.05) is 12.1 Å². The number of methoxy groups -OCH3 is 1. The minimum absolute atomic E-state index is 0.0459. The maximum absolute atomic E-state index is 12.6. The molecular formula is C18H16F3N3O. The van der Waals surface area contributed by atoms with Crippen LogP contribution in [0.5, 0.6) is 5.75 Å². The number of hydrogen-bond acceptors (Lipinski definition) is 2. The van der Waals surface area contributed by atoms with Gasteiger partial charge >= 0.3 is 6.18 Å². The number of ether oxygens (including phenoxy) is 1. The van der Waals surface area contributed by atoms with Gasteiger partial charge in [-0.25, -0.2) is 4.99 Å². The van der Waals surface area contributed by atoms with Crippen molar-refractivity contribution < 1.29 is 17.9 Å². The molecule has 2 aromatic carbocycles. The Bertz CT molecular complexity index is 820. The van der Waals surface area contributed by atoms with Gasteiger partial charge in [-0.1, -0.05) is 30.0 Å². The summed E-state index contributed by atoms with van der Waals surface area (Å²) in [4.78, 5) is 4.01. The summed E-state index contributed by atoms with van der Waals surface area (Å²) in [7, 11) is 1.54. The third-order valence-corrected chi connectivity index (χ3v) is 3.12. The van der Waals surface area contributed by atoms with Crippen LogP contribution in [0.15, 0.2) is 53.5 Å². The number of guanidine groups is 1. The molecule has 0 fully saturated rings. The van der Waals surface area contributed by atoms with Crippen LogP contribution in [-0.4, -0.2) is 19.6 Å². The van der Waals surface area contributed by atoms with E-state index in [1.165, 1.54) is 19.2 Å². The molecule has 0 unspecified atom stereocenters. The number of nitrogens with two attached hydrogens (primary N) is 1. The molecule has 0 amide bonds. The third kappa shape index (κ3) is 5.46. The van der Waals surface area contributed by atoms with Gasteiger partial charge in [-0.15, -0.1) is 0 Å². The first kappa shape index (κ1) is 18.2. The van der Waals surface area contributed by atoms with E-state index in [0.29, 0.717) is 11.4 Å². The highest BCUT2D eigenvalue weighted by Gasteiger charge is 2.30. The molecule has 0 aliphatic rings. The summed E-state index contributed by atoms with van der Waals surface area (Å²) in [6, 6.07) is 12.0. The Hall–Kier alpha value is -3.14. The minimum atomic E-state index is -4.39. The van der Waals surface area contributed by atoms with Crippen molar-refractivity contribution in [3.63, 3.8) is 0 Å². The van der Waals surface area contributed by atoms with E-state index < -0.39 is 11.7 Å². The van der Waals surface area contributed by atoms with Crippen LogP contribution in [0.2, 0.25) is 0 Å². The van der Waals surface area contributed by atoms with Crippen molar-refractivity contribution in [1.82, 2.24) is 0 Å². The minimum Gasteiger partial charge on any atom is -0.495 e. The summed E-state index contributed by atoms with van der Waals surface area (Å²) < 4.78 is 43.1. The lowest BCUT2D eigenvalue weighted by Gasteiger charge is -2.09. The zero-order valence-electron chi connectivity index (χ0n) is 13.4. The number of nitrogens with one attached hydrogen (secondary N) is 1. The number of nitrogens with zero attached hydrogens (tertiary/aromatic N) is 1. The first-order chi connectivity index (χ1) is 11.9. The second kappa shape index (κ2) is 8.11. The van der Waals surface area contributed by atoms with Crippen molar-refractivity contribution in [2.24, 2.45) is 10.7 Å². The average Bonchev–Trinajstić information content (AvgIpc) is 2.59. The van der Waals surface area contributed by atoms with Crippen molar-refractivity contribution in [2.75, 3.05) is 19.0 Å². The van der Waals surface area contributed by atoms with Crippen LogP contribution in [-0.2, 0) is 6.18 Å². The van der Waals surface area contributed by atoms with Crippen LogP contribution in [0.25, 0.3) is 0 Å². The summed E-state index contributed by atoms with van der Waals surface area (Å²) in [5.41, 5.74) is 5.94. The molecular weight excluding hydrogens is 331 g/mol. The third-order valence-electron chi connectivity index (χ3n) is 3.12. The van der Waals surface area contributed by atoms with Gasteiger partial charge < -0.3 is 15.8 Å². The smallest absolute Gasteiger partial charge is 0.416 e. The number of hydrogen-bond donors (Lipinski definition) is 2. The standard InChI is InChI=1S/C18H16F3N3O/c1-25-16-10-3-2-9-15(16)24-17(22)23-11-5-7-13-6-4-8-14(12-13)18(19,20)21/h2-4,6,8-10,12H,11H2,1H3,(H3,22,23,24). The summed E-state index contributed by atoms with van der Waals surface area (Å²) in [5.74, 6) is 6.04. The SMILES string of the molecule is COc1ccccc1NC(N)=NCC#Cc1cccc(C(F)(F)F)c1. The van der Waals surface area contributed by atoms with Crippen molar-refractivity contribution in [3.05, 3.63) is 59.7 Å². The van der Waals surface area contributed by atoms with Crippen molar-refractivity contribution in [2.45, 2.75) is 6.18 Å². The molecule has 0 aliphatic heterocycles. The molecule has 0 saturated heterocycles. The molecule has 0 heterocycles. The van der Waals surface area contributed by atoms with E-state index in [2.05, 4.69) is 22.2 Å². The second-order valence-electron chi connectivity index (χ2n) is 4.91. The van der Waals surface area contributed by atoms with E-state index in [9.17, 15) is 13.2 Å². The summed E-state index contributed by atoms with van der Waals surface area (Å²) >= 11 is 0. The highest BCUT2D eigenvalue weighted by atomic mass is 19.4. The van der Waals surface area contributed by atoms with Crippen LogP contribution in [0, 0.1) is 11.8 Å². The zero-order chi connectivity index (χ0) is 18.3. The van der Waals surface area contributed by atoms with Gasteiger partial charge in [0, 0.05) is 5.56 Å². The van der Waals surface area contributed by atoms with E-state index in [-0.39, 0.29) is 18.1 Å².